The van der Waals surface area contributed by atoms with Crippen molar-refractivity contribution in [3.8, 4) is 0 Å². The lowest BCUT2D eigenvalue weighted by molar-refractivity contribution is -0.295. The van der Waals surface area contributed by atoms with E-state index in [2.05, 4.69) is 5.32 Å². The molecule has 0 spiro atoms. The van der Waals surface area contributed by atoms with E-state index in [1.54, 1.807) is 0 Å². The molecule has 0 aromatic heterocycles. The third kappa shape index (κ3) is 4.85. The number of nitrogens with one attached hydrogen (secondary N) is 1. The number of aliphatic hydroxyl groups is 5. The number of unbranched alkanes of at least 4 members (excludes halogenated alkanes) is 1. The second kappa shape index (κ2) is 8.70. The highest BCUT2D eigenvalue weighted by molar-refractivity contribution is 5.77. The molecule has 1 fully saturated rings. The molecule has 24 heavy (non-hydrogen) atoms. The number of aliphatic carboxylic acids is 1. The zero-order valence-corrected chi connectivity index (χ0v) is 13.3. The molecule has 1 heterocycles. The lowest BCUT2D eigenvalue weighted by Gasteiger charge is -2.44. The van der Waals surface area contributed by atoms with Crippen molar-refractivity contribution < 1.29 is 45.0 Å². The first kappa shape index (κ1) is 20.7. The first-order valence-electron chi connectivity index (χ1n) is 7.74. The van der Waals surface area contributed by atoms with E-state index in [9.17, 15) is 30.0 Å². The Morgan fingerprint density at radius 1 is 1.38 bits per heavy atom. The normalized spacial score (nSPS) is 32.8. The fourth-order valence-corrected chi connectivity index (χ4v) is 2.50. The van der Waals surface area contributed by atoms with Gasteiger partial charge in [-0.3, -0.25) is 4.79 Å². The first-order valence-corrected chi connectivity index (χ1v) is 7.74. The zero-order valence-electron chi connectivity index (χ0n) is 13.3. The highest BCUT2D eigenvalue weighted by Gasteiger charge is 2.53. The summed E-state index contributed by atoms with van der Waals surface area (Å²) in [6, 6.07) is -1.26. The van der Waals surface area contributed by atoms with Gasteiger partial charge in [-0.25, -0.2) is 4.79 Å². The molecule has 1 aliphatic rings. The molecule has 0 aromatic carbocycles. The van der Waals surface area contributed by atoms with Crippen molar-refractivity contribution in [1.82, 2.24) is 5.32 Å². The average molecular weight is 351 g/mol. The number of carbonyl (C=O) groups is 2. The Kier molecular flexibility index (Phi) is 7.52. The number of amides is 1. The molecule has 7 N–H and O–H groups in total. The summed E-state index contributed by atoms with van der Waals surface area (Å²) in [7, 11) is 0. The summed E-state index contributed by atoms with van der Waals surface area (Å²) in [6.45, 7) is 1.02. The van der Waals surface area contributed by atoms with Gasteiger partial charge in [0.15, 0.2) is 0 Å². The van der Waals surface area contributed by atoms with Crippen molar-refractivity contribution >= 4 is 11.9 Å². The highest BCUT2D eigenvalue weighted by Crippen LogP contribution is 2.30. The van der Waals surface area contributed by atoms with Gasteiger partial charge in [-0.1, -0.05) is 13.3 Å². The van der Waals surface area contributed by atoms with Gasteiger partial charge in [0.25, 0.3) is 5.79 Å². The maximum Gasteiger partial charge on any atom is 0.364 e. The monoisotopic (exact) mass is 351 g/mol. The van der Waals surface area contributed by atoms with Gasteiger partial charge in [-0.2, -0.15) is 0 Å². The van der Waals surface area contributed by atoms with E-state index in [1.807, 2.05) is 6.92 Å². The van der Waals surface area contributed by atoms with Crippen LogP contribution in [0.25, 0.3) is 0 Å². The molecule has 1 rings (SSSR count). The molecule has 140 valence electrons. The van der Waals surface area contributed by atoms with E-state index in [0.717, 1.165) is 6.42 Å². The lowest BCUT2D eigenvalue weighted by atomic mass is 9.88. The number of carbonyl (C=O) groups excluding carboxylic acids is 1. The summed E-state index contributed by atoms with van der Waals surface area (Å²) in [5.41, 5.74) is 0. The molecule has 0 bridgehead atoms. The molecule has 1 aliphatic heterocycles. The summed E-state index contributed by atoms with van der Waals surface area (Å²) in [5, 5.41) is 60.0. The number of ether oxygens (including phenoxy) is 1. The van der Waals surface area contributed by atoms with Crippen molar-refractivity contribution in [3.05, 3.63) is 0 Å². The largest absolute Gasteiger partial charge is 0.477 e. The Labute approximate surface area is 138 Å². The summed E-state index contributed by atoms with van der Waals surface area (Å²) in [5.74, 6) is -5.03. The topological polar surface area (TPSA) is 177 Å². The number of hydrogen-bond donors (Lipinski definition) is 7. The van der Waals surface area contributed by atoms with Crippen LogP contribution in [0.1, 0.15) is 32.6 Å². The van der Waals surface area contributed by atoms with Crippen molar-refractivity contribution in [3.63, 3.8) is 0 Å². The van der Waals surface area contributed by atoms with Gasteiger partial charge in [0.05, 0.1) is 18.8 Å². The predicted octanol–water partition coefficient (Wildman–Crippen LogP) is -2.70. The molecule has 1 amide bonds. The number of carboxylic acids is 1. The van der Waals surface area contributed by atoms with Crippen LogP contribution >= 0.6 is 0 Å². The molecule has 0 aromatic rings. The molecule has 1 saturated heterocycles. The molecule has 0 saturated carbocycles. The minimum absolute atomic E-state index is 0.147. The van der Waals surface area contributed by atoms with Crippen LogP contribution in [-0.4, -0.2) is 85.4 Å². The molecule has 0 aliphatic carbocycles. The van der Waals surface area contributed by atoms with Crippen LogP contribution in [0.4, 0.5) is 0 Å². The third-order valence-electron chi connectivity index (χ3n) is 3.92. The fourth-order valence-electron chi connectivity index (χ4n) is 2.50. The molecule has 6 atom stereocenters. The molecular formula is C14H25NO9. The van der Waals surface area contributed by atoms with Gasteiger partial charge >= 0.3 is 5.97 Å². The van der Waals surface area contributed by atoms with Crippen LogP contribution < -0.4 is 5.32 Å². The van der Waals surface area contributed by atoms with Gasteiger partial charge < -0.3 is 40.7 Å². The summed E-state index contributed by atoms with van der Waals surface area (Å²) < 4.78 is 4.97. The van der Waals surface area contributed by atoms with E-state index in [1.165, 1.54) is 0 Å². The van der Waals surface area contributed by atoms with Crippen molar-refractivity contribution in [2.24, 2.45) is 0 Å². The van der Waals surface area contributed by atoms with Gasteiger partial charge in [0.1, 0.15) is 18.3 Å². The molecule has 0 unspecified atom stereocenters. The van der Waals surface area contributed by atoms with Crippen molar-refractivity contribution in [2.45, 2.75) is 68.9 Å². The second-order valence-electron chi connectivity index (χ2n) is 5.88. The van der Waals surface area contributed by atoms with Crippen LogP contribution in [0.2, 0.25) is 0 Å². The van der Waals surface area contributed by atoms with E-state index < -0.39 is 61.1 Å². The van der Waals surface area contributed by atoms with Crippen LogP contribution in [0.3, 0.4) is 0 Å². The Hall–Kier alpha value is -1.30. The molecule has 10 heteroatoms. The Morgan fingerprint density at radius 2 is 2.00 bits per heavy atom. The van der Waals surface area contributed by atoms with Crippen LogP contribution in [0.5, 0.6) is 0 Å². The standard InChI is InChI=1S/C14H25NO9/c1-2-3-4-9(19)15-10-7(17)5-14(23,13(21)22)24-12(10)11(20)8(18)6-16/h7-8,10-12,16-18,20,23H,2-6H2,1H3,(H,15,19)(H,21,22)/t7-,8+,10+,11+,12+,14+/m0/s1. The zero-order chi connectivity index (χ0) is 18.5. The number of rotatable bonds is 8. The molecular weight excluding hydrogens is 326 g/mol. The Bertz CT molecular complexity index is 446. The smallest absolute Gasteiger partial charge is 0.364 e. The molecule has 0 radical (unpaired) electrons. The summed E-state index contributed by atoms with van der Waals surface area (Å²) in [4.78, 5) is 23.0. The van der Waals surface area contributed by atoms with Crippen LogP contribution in [0, 0.1) is 0 Å². The van der Waals surface area contributed by atoms with Gasteiger partial charge in [0, 0.05) is 12.8 Å². The Morgan fingerprint density at radius 3 is 2.50 bits per heavy atom. The van der Waals surface area contributed by atoms with Gasteiger partial charge in [0.2, 0.25) is 5.91 Å². The Balaban J connectivity index is 3.00. The van der Waals surface area contributed by atoms with E-state index in [0.29, 0.717) is 6.42 Å². The SMILES string of the molecule is CCCCC(=O)N[C@H]1[C@H]([C@H](O)[C@H](O)CO)O[C@@](O)(C(=O)O)C[C@@H]1O. The van der Waals surface area contributed by atoms with Gasteiger partial charge in [-0.05, 0) is 6.42 Å². The van der Waals surface area contributed by atoms with Crippen LogP contribution in [-0.2, 0) is 14.3 Å². The fraction of sp³-hybridized carbons (Fsp3) is 0.857. The van der Waals surface area contributed by atoms with Crippen molar-refractivity contribution in [1.29, 1.82) is 0 Å². The predicted molar refractivity (Wildman–Crippen MR) is 78.6 cm³/mol. The van der Waals surface area contributed by atoms with Gasteiger partial charge in [-0.15, -0.1) is 0 Å². The van der Waals surface area contributed by atoms with E-state index in [4.69, 9.17) is 14.9 Å². The quantitative estimate of drug-likeness (QED) is 0.245. The van der Waals surface area contributed by atoms with Crippen LogP contribution in [0.15, 0.2) is 0 Å². The van der Waals surface area contributed by atoms with E-state index >= 15 is 0 Å². The number of carboxylic acid groups (broad SMARTS) is 1. The summed E-state index contributed by atoms with van der Waals surface area (Å²) >= 11 is 0. The first-order chi connectivity index (χ1) is 11.2. The highest BCUT2D eigenvalue weighted by atomic mass is 16.7. The summed E-state index contributed by atoms with van der Waals surface area (Å²) in [6.07, 6.45) is -5.99. The third-order valence-corrected chi connectivity index (χ3v) is 3.92. The second-order valence-corrected chi connectivity index (χ2v) is 5.88. The maximum absolute atomic E-state index is 11.9. The minimum atomic E-state index is -2.79. The maximum atomic E-state index is 11.9. The average Bonchev–Trinajstić information content (AvgIpc) is 2.53. The van der Waals surface area contributed by atoms with E-state index in [-0.39, 0.29) is 6.42 Å². The minimum Gasteiger partial charge on any atom is -0.477 e. The molecule has 10 nitrogen and oxygen atoms in total. The van der Waals surface area contributed by atoms with Crippen molar-refractivity contribution in [2.75, 3.05) is 6.61 Å². The number of hydrogen-bond acceptors (Lipinski definition) is 8. The lowest BCUT2D eigenvalue weighted by Crippen LogP contribution is -2.67. The number of aliphatic hydroxyl groups excluding tert-OH is 4.